The summed E-state index contributed by atoms with van der Waals surface area (Å²) in [6.45, 7) is 0.929. The van der Waals surface area contributed by atoms with E-state index in [1.165, 1.54) is 5.56 Å². The van der Waals surface area contributed by atoms with Gasteiger partial charge in [-0.15, -0.1) is 0 Å². The first kappa shape index (κ1) is 10.9. The minimum atomic E-state index is 0.245. The molecule has 2 rings (SSSR count). The second kappa shape index (κ2) is 3.76. The van der Waals surface area contributed by atoms with E-state index in [2.05, 4.69) is 32.2 Å². The Morgan fingerprint density at radius 3 is 2.69 bits per heavy atom. The third-order valence-electron chi connectivity index (χ3n) is 2.40. The molecular formula is C13H17N2O+. The Labute approximate surface area is 95.6 Å². The molecule has 1 N–H and O–H groups in total. The summed E-state index contributed by atoms with van der Waals surface area (Å²) in [5.74, 6) is 0.245. The van der Waals surface area contributed by atoms with Gasteiger partial charge in [0.05, 0.1) is 21.1 Å². The van der Waals surface area contributed by atoms with Crippen LogP contribution in [0.4, 0.5) is 0 Å². The summed E-state index contributed by atoms with van der Waals surface area (Å²) in [5.41, 5.74) is 1.86. The topological polar surface area (TPSA) is 33.1 Å². The normalized spacial score (nSPS) is 11.9. The van der Waals surface area contributed by atoms with E-state index < -0.39 is 0 Å². The van der Waals surface area contributed by atoms with Gasteiger partial charge in [0.2, 0.25) is 0 Å². The predicted octanol–water partition coefficient (Wildman–Crippen LogP) is 2.15. The fourth-order valence-corrected chi connectivity index (χ4v) is 1.82. The van der Waals surface area contributed by atoms with Crippen LogP contribution in [-0.4, -0.2) is 35.7 Å². The Hall–Kier alpha value is -1.61. The highest BCUT2D eigenvalue weighted by Gasteiger charge is 2.10. The highest BCUT2D eigenvalue weighted by molar-refractivity contribution is 5.84. The third-order valence-corrected chi connectivity index (χ3v) is 2.40. The molecule has 0 aliphatic carbocycles. The van der Waals surface area contributed by atoms with Gasteiger partial charge in [-0.2, -0.15) is 0 Å². The van der Waals surface area contributed by atoms with Crippen LogP contribution in [0.3, 0.4) is 0 Å². The first-order valence-electron chi connectivity index (χ1n) is 5.33. The Morgan fingerprint density at radius 1 is 1.25 bits per heavy atom. The van der Waals surface area contributed by atoms with E-state index in [0.717, 1.165) is 16.4 Å². The molecular weight excluding hydrogens is 200 g/mol. The quantitative estimate of drug-likeness (QED) is 0.782. The number of fused-ring (bicyclic) bond motifs is 1. The lowest BCUT2D eigenvalue weighted by atomic mass is 10.1. The molecule has 3 heteroatoms. The molecule has 1 aromatic carbocycles. The van der Waals surface area contributed by atoms with E-state index in [1.807, 2.05) is 18.3 Å². The summed E-state index contributed by atoms with van der Waals surface area (Å²) in [5, 5.41) is 10.6. The second-order valence-electron chi connectivity index (χ2n) is 5.14. The molecule has 0 aliphatic rings. The Kier molecular flexibility index (Phi) is 2.56. The summed E-state index contributed by atoms with van der Waals surface area (Å²) < 4.78 is 0.867. The maximum atomic E-state index is 9.63. The molecule has 3 nitrogen and oxygen atoms in total. The fourth-order valence-electron chi connectivity index (χ4n) is 1.82. The number of aromatic nitrogens is 1. The van der Waals surface area contributed by atoms with Crippen molar-refractivity contribution in [2.45, 2.75) is 6.54 Å². The van der Waals surface area contributed by atoms with E-state index >= 15 is 0 Å². The Bertz CT molecular complexity index is 515. The van der Waals surface area contributed by atoms with Crippen LogP contribution in [-0.2, 0) is 6.54 Å². The highest BCUT2D eigenvalue weighted by Crippen LogP contribution is 2.23. The van der Waals surface area contributed by atoms with Crippen molar-refractivity contribution in [2.24, 2.45) is 0 Å². The zero-order chi connectivity index (χ0) is 11.8. The predicted molar refractivity (Wildman–Crippen MR) is 65.1 cm³/mol. The molecule has 84 valence electrons. The van der Waals surface area contributed by atoms with Gasteiger partial charge in [-0.1, -0.05) is 12.1 Å². The number of nitrogens with zero attached hydrogens (tertiary/aromatic N) is 2. The summed E-state index contributed by atoms with van der Waals surface area (Å²) >= 11 is 0. The number of para-hydroxylation sites is 1. The SMILES string of the molecule is C[N+](C)(C)Cc1cnc2c(O)cccc2c1. The maximum Gasteiger partial charge on any atom is 0.141 e. The van der Waals surface area contributed by atoms with Gasteiger partial charge in [-0.3, -0.25) is 4.98 Å². The molecule has 0 bridgehead atoms. The summed E-state index contributed by atoms with van der Waals surface area (Å²) in [6.07, 6.45) is 1.84. The summed E-state index contributed by atoms with van der Waals surface area (Å²) in [6, 6.07) is 7.57. The van der Waals surface area contributed by atoms with E-state index in [-0.39, 0.29) is 5.75 Å². The zero-order valence-corrected chi connectivity index (χ0v) is 9.94. The van der Waals surface area contributed by atoms with Crippen molar-refractivity contribution < 1.29 is 9.59 Å². The number of hydrogen-bond donors (Lipinski definition) is 1. The molecule has 0 radical (unpaired) electrons. The van der Waals surface area contributed by atoms with Gasteiger partial charge in [-0.05, 0) is 12.1 Å². The van der Waals surface area contributed by atoms with E-state index in [9.17, 15) is 5.11 Å². The van der Waals surface area contributed by atoms with Gasteiger partial charge in [0.25, 0.3) is 0 Å². The van der Waals surface area contributed by atoms with Crippen LogP contribution in [0.5, 0.6) is 5.75 Å². The lowest BCUT2D eigenvalue weighted by Crippen LogP contribution is -2.33. The van der Waals surface area contributed by atoms with Crippen LogP contribution in [0.15, 0.2) is 30.5 Å². The average molecular weight is 217 g/mol. The number of hydrogen-bond acceptors (Lipinski definition) is 2. The van der Waals surface area contributed by atoms with Crippen molar-refractivity contribution in [3.63, 3.8) is 0 Å². The molecule has 0 aliphatic heterocycles. The molecule has 0 saturated heterocycles. The van der Waals surface area contributed by atoms with Gasteiger partial charge in [0.1, 0.15) is 17.8 Å². The van der Waals surface area contributed by atoms with Crippen molar-refractivity contribution in [1.82, 2.24) is 4.98 Å². The first-order valence-corrected chi connectivity index (χ1v) is 5.33. The van der Waals surface area contributed by atoms with Crippen molar-refractivity contribution in [1.29, 1.82) is 0 Å². The Balaban J connectivity index is 2.45. The van der Waals surface area contributed by atoms with E-state index in [1.54, 1.807) is 6.07 Å². The van der Waals surface area contributed by atoms with Gasteiger partial charge in [-0.25, -0.2) is 0 Å². The number of rotatable bonds is 2. The van der Waals surface area contributed by atoms with Gasteiger partial charge < -0.3 is 9.59 Å². The number of phenolic OH excluding ortho intramolecular Hbond substituents is 1. The highest BCUT2D eigenvalue weighted by atomic mass is 16.3. The van der Waals surface area contributed by atoms with Gasteiger partial charge >= 0.3 is 0 Å². The fraction of sp³-hybridized carbons (Fsp3) is 0.308. The number of quaternary nitrogens is 1. The van der Waals surface area contributed by atoms with Gasteiger partial charge in [0.15, 0.2) is 0 Å². The van der Waals surface area contributed by atoms with Crippen LogP contribution in [0, 0.1) is 0 Å². The van der Waals surface area contributed by atoms with Gasteiger partial charge in [0, 0.05) is 17.1 Å². The molecule has 0 atom stereocenters. The monoisotopic (exact) mass is 217 g/mol. The number of aromatic hydroxyl groups is 1. The van der Waals surface area contributed by atoms with Crippen molar-refractivity contribution >= 4 is 10.9 Å². The van der Waals surface area contributed by atoms with Crippen molar-refractivity contribution in [3.05, 3.63) is 36.0 Å². The molecule has 0 spiro atoms. The third kappa shape index (κ3) is 2.31. The molecule has 1 heterocycles. The number of pyridine rings is 1. The second-order valence-corrected chi connectivity index (χ2v) is 5.14. The largest absolute Gasteiger partial charge is 0.506 e. The van der Waals surface area contributed by atoms with E-state index in [0.29, 0.717) is 5.52 Å². The minimum absolute atomic E-state index is 0.245. The molecule has 0 amide bonds. The maximum absolute atomic E-state index is 9.63. The van der Waals surface area contributed by atoms with Crippen LogP contribution in [0.2, 0.25) is 0 Å². The van der Waals surface area contributed by atoms with E-state index in [4.69, 9.17) is 0 Å². The van der Waals surface area contributed by atoms with Crippen LogP contribution >= 0.6 is 0 Å². The number of phenols is 1. The Morgan fingerprint density at radius 2 is 2.00 bits per heavy atom. The molecule has 2 aromatic rings. The summed E-state index contributed by atoms with van der Waals surface area (Å²) in [7, 11) is 6.44. The summed E-state index contributed by atoms with van der Waals surface area (Å²) in [4.78, 5) is 4.30. The minimum Gasteiger partial charge on any atom is -0.506 e. The average Bonchev–Trinajstić information content (AvgIpc) is 2.15. The smallest absolute Gasteiger partial charge is 0.141 e. The van der Waals surface area contributed by atoms with Crippen molar-refractivity contribution in [2.75, 3.05) is 21.1 Å². The lowest BCUT2D eigenvalue weighted by Gasteiger charge is -2.23. The molecule has 0 unspecified atom stereocenters. The number of benzene rings is 1. The lowest BCUT2D eigenvalue weighted by molar-refractivity contribution is -0.884. The molecule has 16 heavy (non-hydrogen) atoms. The van der Waals surface area contributed by atoms with Crippen LogP contribution in [0.1, 0.15) is 5.56 Å². The van der Waals surface area contributed by atoms with Crippen LogP contribution in [0.25, 0.3) is 10.9 Å². The van der Waals surface area contributed by atoms with Crippen LogP contribution < -0.4 is 0 Å². The van der Waals surface area contributed by atoms with Crippen molar-refractivity contribution in [3.8, 4) is 5.75 Å². The molecule has 1 aromatic heterocycles. The molecule has 0 saturated carbocycles. The standard InChI is InChI=1S/C13H16N2O/c1-15(2,3)9-10-7-11-5-4-6-12(16)13(11)14-8-10/h4-8H,9H2,1-3H3/p+1. The molecule has 0 fully saturated rings. The first-order chi connectivity index (χ1) is 7.46. The zero-order valence-electron chi connectivity index (χ0n) is 9.94.